The van der Waals surface area contributed by atoms with Crippen LogP contribution in [0.3, 0.4) is 0 Å². The van der Waals surface area contributed by atoms with Crippen molar-refractivity contribution in [1.29, 1.82) is 0 Å². The van der Waals surface area contributed by atoms with E-state index in [1.165, 1.54) is 93.5 Å². The van der Waals surface area contributed by atoms with Gasteiger partial charge in [-0.05, 0) is 0 Å². The van der Waals surface area contributed by atoms with Crippen LogP contribution in [0.1, 0.15) is 208 Å². The van der Waals surface area contributed by atoms with E-state index < -0.39 is 21.1 Å². The van der Waals surface area contributed by atoms with E-state index >= 15 is 0 Å². The predicted molar refractivity (Wildman–Crippen MR) is 281 cm³/mol. The Morgan fingerprint density at radius 1 is 0.286 bits per heavy atom. The van der Waals surface area contributed by atoms with Crippen molar-refractivity contribution in [2.24, 2.45) is 0 Å². The number of rotatable bonds is 16. The second-order valence-electron chi connectivity index (χ2n) is 20.7. The molecule has 0 aromatic heterocycles. The summed E-state index contributed by atoms with van der Waals surface area (Å²) in [6.07, 6.45) is 1.06. The van der Waals surface area contributed by atoms with E-state index in [9.17, 15) is 0 Å². The zero-order valence-electron chi connectivity index (χ0n) is 41.9. The predicted octanol–water partition coefficient (Wildman–Crippen LogP) is 18.3. The summed E-state index contributed by atoms with van der Waals surface area (Å²) < 4.78 is 2.88. The molecule has 0 aliphatic heterocycles. The van der Waals surface area contributed by atoms with Crippen molar-refractivity contribution in [2.75, 3.05) is 0 Å². The molecule has 0 N–H and O–H groups in total. The molecule has 330 valence electrons. The number of hydrogen-bond acceptors (Lipinski definition) is 0. The Bertz CT molecular complexity index is 2060. The van der Waals surface area contributed by atoms with Crippen LogP contribution in [0.15, 0.2) is 109 Å². The van der Waals surface area contributed by atoms with E-state index in [1.54, 1.807) is 9.14 Å². The first kappa shape index (κ1) is 48.6. The van der Waals surface area contributed by atoms with Gasteiger partial charge < -0.3 is 0 Å². The Kier molecular flexibility index (Phi) is 16.2. The van der Waals surface area contributed by atoms with Crippen LogP contribution < -0.4 is 3.58 Å². The maximum absolute atomic E-state index is 2.50. The van der Waals surface area contributed by atoms with Crippen molar-refractivity contribution in [3.8, 4) is 44.5 Å². The van der Waals surface area contributed by atoms with Crippen LogP contribution in [0.4, 0.5) is 0 Å². The van der Waals surface area contributed by atoms with Crippen molar-refractivity contribution >= 4 is 24.7 Å². The summed E-state index contributed by atoms with van der Waals surface area (Å²) in [5, 5.41) is 0. The molecular weight excluding hydrogens is 863 g/mol. The molecule has 6 aromatic carbocycles. The maximum atomic E-state index is 2.50. The van der Waals surface area contributed by atoms with Gasteiger partial charge in [-0.1, -0.05) is 0 Å². The normalized spacial score (nSPS) is 12.2. The Morgan fingerprint density at radius 2 is 0.492 bits per heavy atom. The molecule has 0 saturated carbocycles. The molecule has 6 aromatic rings. The van der Waals surface area contributed by atoms with Gasteiger partial charge in [-0.15, -0.1) is 0 Å². The average Bonchev–Trinajstić information content (AvgIpc) is 3.25. The average molecular weight is 942 g/mol. The van der Waals surface area contributed by atoms with Gasteiger partial charge in [-0.2, -0.15) is 0 Å². The van der Waals surface area contributed by atoms with Gasteiger partial charge in [0, 0.05) is 0 Å². The monoisotopic (exact) mass is 943 g/mol. The van der Waals surface area contributed by atoms with Crippen molar-refractivity contribution in [2.45, 2.75) is 169 Å². The van der Waals surface area contributed by atoms with E-state index in [4.69, 9.17) is 0 Å². The zero-order chi connectivity index (χ0) is 45.9. The molecule has 0 nitrogen and oxygen atoms in total. The molecule has 0 aliphatic carbocycles. The minimum absolute atomic E-state index is 0.419. The van der Waals surface area contributed by atoms with Gasteiger partial charge in [-0.25, -0.2) is 0 Å². The van der Waals surface area contributed by atoms with Crippen molar-refractivity contribution < 1.29 is 0 Å². The Labute approximate surface area is 395 Å². The second kappa shape index (κ2) is 21.0. The molecule has 0 atom stereocenters. The standard InChI is InChI=1S/C32H41.C30H37.Sn/c1-10-24-29(31-25(20(2)3)14-11-15-26(31)21(4)5)18-13-19-30(24)32-27(22(6)7)16-12-17-28(32)23(8)9;1-19(2)25-14-10-15-26(20(3)4)29(25)23-12-9-13-24(18-23)30-27(21(5)6)16-11-17-28(30)22(7)8;/h11-23H,1,10H2,2-9H3;9-17,19-22H,1-8H3;. The van der Waals surface area contributed by atoms with Crippen LogP contribution in [0.5, 0.6) is 0 Å². The third kappa shape index (κ3) is 10.2. The third-order valence-corrected chi connectivity index (χ3v) is 17.5. The van der Waals surface area contributed by atoms with E-state index in [-0.39, 0.29) is 0 Å². The van der Waals surface area contributed by atoms with Crippen LogP contribution in [0.25, 0.3) is 44.5 Å². The molecule has 0 spiro atoms. The van der Waals surface area contributed by atoms with Gasteiger partial charge in [0.15, 0.2) is 0 Å². The summed E-state index contributed by atoms with van der Waals surface area (Å²) in [7, 11) is 0. The summed E-state index contributed by atoms with van der Waals surface area (Å²) in [5.74, 6) is 3.39. The second-order valence-corrected chi connectivity index (χ2v) is 24.6. The molecular formula is C62H78Sn. The number of benzene rings is 6. The fraction of sp³-hybridized carbons (Fsp3) is 0.419. The van der Waals surface area contributed by atoms with Crippen LogP contribution in [0, 0.1) is 0 Å². The van der Waals surface area contributed by atoms with Gasteiger partial charge in [0.2, 0.25) is 0 Å². The summed E-state index contributed by atoms with van der Waals surface area (Å²) in [4.78, 5) is 0. The van der Waals surface area contributed by atoms with Gasteiger partial charge in [0.1, 0.15) is 0 Å². The molecule has 0 heterocycles. The summed E-state index contributed by atoms with van der Waals surface area (Å²) in [5.41, 5.74) is 25.1. The molecule has 0 amide bonds. The Balaban J connectivity index is 1.67. The van der Waals surface area contributed by atoms with Crippen LogP contribution >= 0.6 is 0 Å². The van der Waals surface area contributed by atoms with Crippen molar-refractivity contribution in [3.63, 3.8) is 0 Å². The van der Waals surface area contributed by atoms with Gasteiger partial charge in [0.05, 0.1) is 0 Å². The molecule has 0 unspecified atom stereocenters. The SMILES string of the molecule is CC(C)c1cccc(C(C)C)c1-c1cccc(-c2c(C(C)C)cccc2C(C)C)c1C[CH2][Sn][c]1c(-c2c(C(C)C)cccc2C(C)C)cccc1-c1c(C(C)C)cccc1C(C)C. The Morgan fingerprint density at radius 3 is 0.730 bits per heavy atom. The van der Waals surface area contributed by atoms with Crippen molar-refractivity contribution in [1.82, 2.24) is 0 Å². The third-order valence-electron chi connectivity index (χ3n) is 13.5. The quantitative estimate of drug-likeness (QED) is 0.0848. The summed E-state index contributed by atoms with van der Waals surface area (Å²) in [6, 6.07) is 43.2. The minimum atomic E-state index is -1.27. The van der Waals surface area contributed by atoms with Crippen LogP contribution in [0.2, 0.25) is 4.44 Å². The molecule has 63 heavy (non-hydrogen) atoms. The van der Waals surface area contributed by atoms with Gasteiger partial charge >= 0.3 is 397 Å². The first-order valence-electron chi connectivity index (χ1n) is 24.5. The first-order chi connectivity index (χ1) is 30.0. The molecule has 6 rings (SSSR count). The molecule has 0 aliphatic rings. The topological polar surface area (TPSA) is 0 Å². The van der Waals surface area contributed by atoms with Crippen LogP contribution in [-0.4, -0.2) is 21.1 Å². The van der Waals surface area contributed by atoms with Gasteiger partial charge in [-0.3, -0.25) is 0 Å². The van der Waals surface area contributed by atoms with E-state index in [0.29, 0.717) is 47.3 Å². The van der Waals surface area contributed by atoms with E-state index in [1.807, 2.05) is 0 Å². The van der Waals surface area contributed by atoms with E-state index in [2.05, 4.69) is 220 Å². The summed E-state index contributed by atoms with van der Waals surface area (Å²) in [6.45, 7) is 38.1. The molecule has 0 saturated heterocycles. The number of hydrogen-bond donors (Lipinski definition) is 0. The molecule has 0 fully saturated rings. The Hall–Kier alpha value is -3.88. The molecule has 0 bridgehead atoms. The molecule has 1 heteroatoms. The fourth-order valence-corrected chi connectivity index (χ4v) is 14.3. The van der Waals surface area contributed by atoms with E-state index in [0.717, 1.165) is 6.42 Å². The molecule has 2 radical (unpaired) electrons. The summed E-state index contributed by atoms with van der Waals surface area (Å²) >= 11 is -1.27. The van der Waals surface area contributed by atoms with Crippen LogP contribution in [-0.2, 0) is 6.42 Å². The van der Waals surface area contributed by atoms with Crippen molar-refractivity contribution in [3.05, 3.63) is 159 Å². The first-order valence-corrected chi connectivity index (χ1v) is 27.9. The van der Waals surface area contributed by atoms with Gasteiger partial charge in [0.25, 0.3) is 0 Å². The zero-order valence-corrected chi connectivity index (χ0v) is 44.8. The fourth-order valence-electron chi connectivity index (χ4n) is 10.2.